The minimum Gasteiger partial charge on any atom is -0.490 e. The minimum absolute atomic E-state index is 0.0481. The van der Waals surface area contributed by atoms with Gasteiger partial charge in [0.25, 0.3) is 5.91 Å². The zero-order chi connectivity index (χ0) is 23.5. The molecule has 2 fully saturated rings. The molecule has 34 heavy (non-hydrogen) atoms. The highest BCUT2D eigenvalue weighted by Crippen LogP contribution is 2.37. The van der Waals surface area contributed by atoms with Gasteiger partial charge >= 0.3 is 0 Å². The zero-order valence-corrected chi connectivity index (χ0v) is 19.9. The Morgan fingerprint density at radius 1 is 1.06 bits per heavy atom. The van der Waals surface area contributed by atoms with Gasteiger partial charge in [0.15, 0.2) is 5.75 Å². The van der Waals surface area contributed by atoms with Gasteiger partial charge in [-0.1, -0.05) is 24.3 Å². The van der Waals surface area contributed by atoms with E-state index in [1.807, 2.05) is 36.9 Å². The van der Waals surface area contributed by atoms with Gasteiger partial charge in [0, 0.05) is 49.7 Å². The first-order chi connectivity index (χ1) is 16.6. The molecule has 2 aliphatic rings. The van der Waals surface area contributed by atoms with Gasteiger partial charge in [-0.15, -0.1) is 0 Å². The molecule has 0 radical (unpaired) electrons. The summed E-state index contributed by atoms with van der Waals surface area (Å²) in [7, 11) is 0. The number of carbonyl (C=O) groups excluding carboxylic acids is 1. The minimum atomic E-state index is -0.236. The number of fused-ring (bicyclic) bond motifs is 1. The van der Waals surface area contributed by atoms with Crippen LogP contribution in [0.25, 0.3) is 22.0 Å². The quantitative estimate of drug-likeness (QED) is 0.504. The standard InChI is InChI=1S/C28H32N2O4/c1-19(2)33-27-24(12-9-21-5-3-15-29-26(21)27)20-7-10-22(11-8-20)34-23-13-16-30(17-14-23)28(31)25-6-4-18-32-25/h3,5,7-12,15,19,23,25H,4,6,13-14,16-18H2,1-2H3. The van der Waals surface area contributed by atoms with E-state index in [0.717, 1.165) is 72.3 Å². The summed E-state index contributed by atoms with van der Waals surface area (Å²) in [5, 5.41) is 1.06. The summed E-state index contributed by atoms with van der Waals surface area (Å²) >= 11 is 0. The van der Waals surface area contributed by atoms with Crippen molar-refractivity contribution in [2.45, 2.75) is 57.8 Å². The molecular formula is C28H32N2O4. The molecule has 0 bridgehead atoms. The van der Waals surface area contributed by atoms with Gasteiger partial charge in [-0.05, 0) is 56.5 Å². The van der Waals surface area contributed by atoms with Crippen molar-refractivity contribution in [3.05, 3.63) is 54.7 Å². The van der Waals surface area contributed by atoms with Gasteiger partial charge in [0.05, 0.1) is 6.10 Å². The third kappa shape index (κ3) is 4.87. The van der Waals surface area contributed by atoms with Crippen LogP contribution in [0.4, 0.5) is 0 Å². The molecule has 0 saturated carbocycles. The number of likely N-dealkylation sites (tertiary alicyclic amines) is 1. The first-order valence-electron chi connectivity index (χ1n) is 12.3. The second-order valence-electron chi connectivity index (χ2n) is 9.35. The molecule has 0 aliphatic carbocycles. The maximum atomic E-state index is 12.6. The van der Waals surface area contributed by atoms with Gasteiger partial charge in [0.2, 0.25) is 0 Å². The van der Waals surface area contributed by atoms with Crippen LogP contribution in [-0.4, -0.2) is 53.8 Å². The smallest absolute Gasteiger partial charge is 0.251 e. The summed E-state index contributed by atoms with van der Waals surface area (Å²) in [4.78, 5) is 19.1. The number of ether oxygens (including phenoxy) is 3. The van der Waals surface area contributed by atoms with Gasteiger partial charge in [-0.2, -0.15) is 0 Å². The summed E-state index contributed by atoms with van der Waals surface area (Å²) in [6.07, 6.45) is 5.23. The summed E-state index contributed by atoms with van der Waals surface area (Å²) < 4.78 is 18.0. The number of piperidine rings is 1. The lowest BCUT2D eigenvalue weighted by atomic mass is 10.0. The lowest BCUT2D eigenvalue weighted by molar-refractivity contribution is -0.142. The maximum absolute atomic E-state index is 12.6. The maximum Gasteiger partial charge on any atom is 0.251 e. The number of hydrogen-bond acceptors (Lipinski definition) is 5. The summed E-state index contributed by atoms with van der Waals surface area (Å²) in [5.41, 5.74) is 2.96. The number of rotatable bonds is 6. The molecule has 2 aliphatic heterocycles. The van der Waals surface area contributed by atoms with Crippen LogP contribution in [0.3, 0.4) is 0 Å². The van der Waals surface area contributed by atoms with Gasteiger partial charge in [-0.25, -0.2) is 0 Å². The van der Waals surface area contributed by atoms with E-state index >= 15 is 0 Å². The van der Waals surface area contributed by atoms with Crippen LogP contribution in [-0.2, 0) is 9.53 Å². The Morgan fingerprint density at radius 2 is 1.85 bits per heavy atom. The summed E-state index contributed by atoms with van der Waals surface area (Å²) in [6.45, 7) is 6.21. The topological polar surface area (TPSA) is 60.9 Å². The molecule has 0 spiro atoms. The van der Waals surface area contributed by atoms with Crippen molar-refractivity contribution < 1.29 is 19.0 Å². The fourth-order valence-electron chi connectivity index (χ4n) is 4.78. The Hall–Kier alpha value is -3.12. The van der Waals surface area contributed by atoms with E-state index in [2.05, 4.69) is 35.3 Å². The number of nitrogens with zero attached hydrogens (tertiary/aromatic N) is 2. The molecule has 178 valence electrons. The Morgan fingerprint density at radius 3 is 2.56 bits per heavy atom. The van der Waals surface area contributed by atoms with Crippen LogP contribution in [0.5, 0.6) is 11.5 Å². The van der Waals surface area contributed by atoms with E-state index in [0.29, 0.717) is 6.61 Å². The summed E-state index contributed by atoms with van der Waals surface area (Å²) in [5.74, 6) is 1.80. The van der Waals surface area contributed by atoms with Gasteiger partial charge in [0.1, 0.15) is 23.5 Å². The SMILES string of the molecule is CC(C)Oc1c(-c2ccc(OC3CCN(C(=O)C4CCCO4)CC3)cc2)ccc2cccnc12. The third-order valence-corrected chi connectivity index (χ3v) is 6.51. The average Bonchev–Trinajstić information content (AvgIpc) is 3.40. The molecular weight excluding hydrogens is 428 g/mol. The normalized spacial score (nSPS) is 19.0. The summed E-state index contributed by atoms with van der Waals surface area (Å²) in [6, 6.07) is 16.3. The molecule has 0 N–H and O–H groups in total. The Kier molecular flexibility index (Phi) is 6.68. The van der Waals surface area contributed by atoms with Crippen molar-refractivity contribution in [2.75, 3.05) is 19.7 Å². The predicted octanol–water partition coefficient (Wildman–Crippen LogP) is 5.24. The predicted molar refractivity (Wildman–Crippen MR) is 132 cm³/mol. The largest absolute Gasteiger partial charge is 0.490 e. The second kappa shape index (κ2) is 10.0. The zero-order valence-electron chi connectivity index (χ0n) is 19.9. The van der Waals surface area contributed by atoms with Crippen LogP contribution in [0.15, 0.2) is 54.7 Å². The highest BCUT2D eigenvalue weighted by atomic mass is 16.5. The Bertz CT molecular complexity index is 1130. The molecule has 3 heterocycles. The molecule has 1 atom stereocenters. The highest BCUT2D eigenvalue weighted by molar-refractivity contribution is 5.92. The molecule has 3 aromatic rings. The van der Waals surface area contributed by atoms with Gasteiger partial charge in [-0.3, -0.25) is 9.78 Å². The molecule has 2 aromatic carbocycles. The first kappa shape index (κ1) is 22.7. The lowest BCUT2D eigenvalue weighted by Gasteiger charge is -2.33. The molecule has 1 amide bonds. The van der Waals surface area contributed by atoms with E-state index in [9.17, 15) is 4.79 Å². The number of benzene rings is 2. The van der Waals surface area contributed by atoms with Gasteiger partial charge < -0.3 is 19.1 Å². The van der Waals surface area contributed by atoms with E-state index in [1.165, 1.54) is 0 Å². The third-order valence-electron chi connectivity index (χ3n) is 6.51. The lowest BCUT2D eigenvalue weighted by Crippen LogP contribution is -2.45. The van der Waals surface area contributed by atoms with Crippen LogP contribution < -0.4 is 9.47 Å². The van der Waals surface area contributed by atoms with E-state index in [-0.39, 0.29) is 24.2 Å². The number of hydrogen-bond donors (Lipinski definition) is 0. The molecule has 6 heteroatoms. The molecule has 1 aromatic heterocycles. The second-order valence-corrected chi connectivity index (χ2v) is 9.35. The Labute approximate surface area is 200 Å². The number of carbonyl (C=O) groups is 1. The first-order valence-corrected chi connectivity index (χ1v) is 12.3. The van der Waals surface area contributed by atoms with Crippen LogP contribution in [0.2, 0.25) is 0 Å². The van der Waals surface area contributed by atoms with Crippen molar-refractivity contribution >= 4 is 16.8 Å². The van der Waals surface area contributed by atoms with Crippen molar-refractivity contribution in [3.63, 3.8) is 0 Å². The molecule has 5 rings (SSSR count). The number of pyridine rings is 1. The fraction of sp³-hybridized carbons (Fsp3) is 0.429. The molecule has 2 saturated heterocycles. The fourth-order valence-corrected chi connectivity index (χ4v) is 4.78. The van der Waals surface area contributed by atoms with E-state index in [4.69, 9.17) is 14.2 Å². The molecule has 1 unspecified atom stereocenters. The number of aromatic nitrogens is 1. The average molecular weight is 461 g/mol. The van der Waals surface area contributed by atoms with E-state index < -0.39 is 0 Å². The number of amides is 1. The van der Waals surface area contributed by atoms with Crippen molar-refractivity contribution in [2.24, 2.45) is 0 Å². The van der Waals surface area contributed by atoms with Crippen molar-refractivity contribution in [3.8, 4) is 22.6 Å². The molecule has 6 nitrogen and oxygen atoms in total. The highest BCUT2D eigenvalue weighted by Gasteiger charge is 2.31. The monoisotopic (exact) mass is 460 g/mol. The van der Waals surface area contributed by atoms with E-state index in [1.54, 1.807) is 6.20 Å². The van der Waals surface area contributed by atoms with Crippen molar-refractivity contribution in [1.82, 2.24) is 9.88 Å². The Balaban J connectivity index is 1.26. The van der Waals surface area contributed by atoms with Crippen molar-refractivity contribution in [1.29, 1.82) is 0 Å². The van der Waals surface area contributed by atoms with Crippen LogP contribution in [0.1, 0.15) is 39.5 Å². The van der Waals surface area contributed by atoms with Crippen LogP contribution >= 0.6 is 0 Å². The van der Waals surface area contributed by atoms with Crippen LogP contribution in [0, 0.1) is 0 Å².